The second-order valence-corrected chi connectivity index (χ2v) is 11.4. The van der Waals surface area contributed by atoms with Crippen molar-refractivity contribution < 1.29 is 23.8 Å². The molecule has 4 rings (SSSR count). The van der Waals surface area contributed by atoms with E-state index in [1.165, 1.54) is 4.90 Å². The van der Waals surface area contributed by atoms with Crippen LogP contribution in [0.5, 0.6) is 5.88 Å². The normalized spacial score (nSPS) is 14.9. The van der Waals surface area contributed by atoms with E-state index in [0.717, 1.165) is 42.6 Å². The highest BCUT2D eigenvalue weighted by molar-refractivity contribution is 6.05. The number of rotatable bonds is 10. The van der Waals surface area contributed by atoms with Crippen LogP contribution in [0.4, 0.5) is 10.5 Å². The summed E-state index contributed by atoms with van der Waals surface area (Å²) in [6.45, 7) is 10.00. The minimum atomic E-state index is -0.632. The molecule has 1 aromatic carbocycles. The maximum atomic E-state index is 12.3. The highest BCUT2D eigenvalue weighted by Gasteiger charge is 2.24. The molecule has 1 aliphatic heterocycles. The smallest absolute Gasteiger partial charge is 0.410 e. The Bertz CT molecular complexity index is 1350. The van der Waals surface area contributed by atoms with Crippen LogP contribution in [0.15, 0.2) is 36.5 Å². The van der Waals surface area contributed by atoms with Crippen LogP contribution in [0.1, 0.15) is 57.4 Å². The van der Waals surface area contributed by atoms with E-state index >= 15 is 0 Å². The Morgan fingerprint density at radius 3 is 2.54 bits per heavy atom. The van der Waals surface area contributed by atoms with Crippen molar-refractivity contribution in [3.8, 4) is 17.0 Å². The molecule has 41 heavy (non-hydrogen) atoms. The van der Waals surface area contributed by atoms with Gasteiger partial charge in [-0.2, -0.15) is 0 Å². The summed E-state index contributed by atoms with van der Waals surface area (Å²) in [6, 6.07) is 9.62. The van der Waals surface area contributed by atoms with Crippen molar-refractivity contribution in [3.05, 3.63) is 42.2 Å². The van der Waals surface area contributed by atoms with E-state index in [0.29, 0.717) is 42.6 Å². The lowest BCUT2D eigenvalue weighted by Crippen LogP contribution is -2.35. The van der Waals surface area contributed by atoms with E-state index in [1.807, 2.05) is 51.1 Å². The number of nitrogens with zero attached hydrogens (tertiary/aromatic N) is 4. The van der Waals surface area contributed by atoms with Gasteiger partial charge in [-0.25, -0.2) is 9.78 Å². The fraction of sp³-hybridized carbons (Fsp3) is 0.500. The number of hydrogen-bond acceptors (Lipinski definition) is 9. The lowest BCUT2D eigenvalue weighted by Gasteiger charge is -2.29. The van der Waals surface area contributed by atoms with Crippen molar-refractivity contribution in [1.82, 2.24) is 20.1 Å². The zero-order chi connectivity index (χ0) is 29.6. The van der Waals surface area contributed by atoms with E-state index < -0.39 is 11.5 Å². The van der Waals surface area contributed by atoms with E-state index in [2.05, 4.69) is 27.4 Å². The molecule has 3 heterocycles. The average Bonchev–Trinajstić information content (AvgIpc) is 2.94. The second-order valence-electron chi connectivity index (χ2n) is 11.4. The molecule has 0 bridgehead atoms. The summed E-state index contributed by atoms with van der Waals surface area (Å²) in [5.74, 6) is 0.265. The molecule has 1 fully saturated rings. The first-order chi connectivity index (χ1) is 19.5. The van der Waals surface area contributed by atoms with E-state index in [9.17, 15) is 9.59 Å². The van der Waals surface area contributed by atoms with Crippen molar-refractivity contribution in [2.75, 3.05) is 38.7 Å². The van der Waals surface area contributed by atoms with Crippen molar-refractivity contribution >= 4 is 28.6 Å². The van der Waals surface area contributed by atoms with Crippen LogP contribution < -0.4 is 15.8 Å². The largest absolute Gasteiger partial charge is 0.478 e. The predicted molar refractivity (Wildman–Crippen MR) is 157 cm³/mol. The minimum Gasteiger partial charge on any atom is -0.478 e. The van der Waals surface area contributed by atoms with Gasteiger partial charge >= 0.3 is 6.09 Å². The molecule has 0 radical (unpaired) electrons. The van der Waals surface area contributed by atoms with Crippen molar-refractivity contribution in [1.29, 1.82) is 0 Å². The first-order valence-corrected chi connectivity index (χ1v) is 14.0. The maximum Gasteiger partial charge on any atom is 0.410 e. The summed E-state index contributed by atoms with van der Waals surface area (Å²) in [5.41, 5.74) is 8.30. The van der Waals surface area contributed by atoms with Crippen molar-refractivity contribution in [2.45, 2.75) is 58.6 Å². The fourth-order valence-corrected chi connectivity index (χ4v) is 4.71. The molecule has 1 aliphatic rings. The third-order valence-corrected chi connectivity index (χ3v) is 7.00. The summed E-state index contributed by atoms with van der Waals surface area (Å²) in [4.78, 5) is 30.3. The number of primary amides is 1. The number of carbonyl (C=O) groups excluding carboxylic acids is 2. The number of ether oxygens (including phenoxy) is 3. The quantitative estimate of drug-likeness (QED) is 0.336. The Labute approximate surface area is 240 Å². The van der Waals surface area contributed by atoms with Gasteiger partial charge < -0.3 is 30.2 Å². The summed E-state index contributed by atoms with van der Waals surface area (Å²) < 4.78 is 16.7. The fourth-order valence-electron chi connectivity index (χ4n) is 4.71. The maximum absolute atomic E-state index is 12.3. The molecule has 0 aliphatic carbocycles. The lowest BCUT2D eigenvalue weighted by molar-refractivity contribution is 0.0291. The van der Waals surface area contributed by atoms with Gasteiger partial charge in [-0.3, -0.25) is 4.79 Å². The van der Waals surface area contributed by atoms with Crippen LogP contribution in [-0.2, 0) is 9.47 Å². The van der Waals surface area contributed by atoms with Gasteiger partial charge in [0.05, 0.1) is 17.8 Å². The number of nitrogens with one attached hydrogen (secondary N) is 1. The second kappa shape index (κ2) is 13.1. The summed E-state index contributed by atoms with van der Waals surface area (Å²) in [5, 5.41) is 12.6. The third kappa shape index (κ3) is 8.03. The van der Waals surface area contributed by atoms with Gasteiger partial charge in [0.25, 0.3) is 5.91 Å². The van der Waals surface area contributed by atoms with Crippen molar-refractivity contribution in [2.24, 2.45) is 11.7 Å². The molecule has 11 nitrogen and oxygen atoms in total. The molecule has 2 aromatic heterocycles. The number of carbonyl (C=O) groups is 2. The molecule has 1 atom stereocenters. The Morgan fingerprint density at radius 1 is 1.15 bits per heavy atom. The molecular formula is C30H40N6O5. The number of aromatic nitrogens is 3. The van der Waals surface area contributed by atoms with Crippen LogP contribution in [0, 0.1) is 5.92 Å². The van der Waals surface area contributed by atoms with Crippen LogP contribution in [0.2, 0.25) is 0 Å². The highest BCUT2D eigenvalue weighted by Crippen LogP contribution is 2.32. The van der Waals surface area contributed by atoms with Gasteiger partial charge in [-0.1, -0.05) is 6.07 Å². The number of anilines is 1. The van der Waals surface area contributed by atoms with E-state index in [-0.39, 0.29) is 17.8 Å². The topological polar surface area (TPSA) is 142 Å². The summed E-state index contributed by atoms with van der Waals surface area (Å²) in [6.07, 6.45) is 3.91. The first kappa shape index (κ1) is 30.0. The van der Waals surface area contributed by atoms with E-state index in [4.69, 9.17) is 19.9 Å². The van der Waals surface area contributed by atoms with Crippen LogP contribution in [0.25, 0.3) is 22.0 Å². The van der Waals surface area contributed by atoms with Gasteiger partial charge in [-0.15, -0.1) is 10.2 Å². The van der Waals surface area contributed by atoms with Crippen LogP contribution in [-0.4, -0.2) is 77.1 Å². The first-order valence-electron chi connectivity index (χ1n) is 14.0. The summed E-state index contributed by atoms with van der Waals surface area (Å²) >= 11 is 0. The number of pyridine rings is 1. The molecule has 220 valence electrons. The van der Waals surface area contributed by atoms with Crippen LogP contribution >= 0.6 is 0 Å². The van der Waals surface area contributed by atoms with Gasteiger partial charge in [0.1, 0.15) is 5.60 Å². The molecular weight excluding hydrogens is 524 g/mol. The number of benzene rings is 1. The van der Waals surface area contributed by atoms with Gasteiger partial charge in [-0.05, 0) is 76.6 Å². The molecule has 2 amide bonds. The van der Waals surface area contributed by atoms with Crippen LogP contribution in [0.3, 0.4) is 0 Å². The number of fused-ring (bicyclic) bond motifs is 1. The highest BCUT2D eigenvalue weighted by atomic mass is 16.6. The molecule has 3 N–H and O–H groups in total. The SMILES string of the molecule is C[C@H](Nc1c(C(N)=O)nnc2ccc(-c3ccc(OCCCN(C)C(=O)OC(C)(C)C)nc3)cc12)C1CCOCC1. The lowest BCUT2D eigenvalue weighted by atomic mass is 9.92. The predicted octanol–water partition coefficient (Wildman–Crippen LogP) is 4.65. The van der Waals surface area contributed by atoms with E-state index in [1.54, 1.807) is 13.2 Å². The minimum absolute atomic E-state index is 0.0927. The molecule has 0 spiro atoms. The average molecular weight is 565 g/mol. The van der Waals surface area contributed by atoms with Gasteiger partial charge in [0, 0.05) is 56.1 Å². The number of amides is 2. The monoisotopic (exact) mass is 564 g/mol. The Morgan fingerprint density at radius 2 is 1.88 bits per heavy atom. The standard InChI is InChI=1S/C30H40N6O5/c1-19(20-11-15-39-16-12-20)33-26-23-17-21(7-9-24(23)34-35-27(26)28(31)37)22-8-10-25(32-18-22)40-14-6-13-36(5)29(38)41-30(2,3)4/h7-10,17-20H,6,11-16H2,1-5H3,(H2,31,37)(H,33,34)/t19-/m0/s1. The van der Waals surface area contributed by atoms with Gasteiger partial charge in [0.2, 0.25) is 5.88 Å². The third-order valence-electron chi connectivity index (χ3n) is 7.00. The molecule has 11 heteroatoms. The van der Waals surface area contributed by atoms with Crippen molar-refractivity contribution in [3.63, 3.8) is 0 Å². The molecule has 3 aromatic rings. The number of nitrogens with two attached hydrogens (primary N) is 1. The molecule has 0 saturated carbocycles. The zero-order valence-electron chi connectivity index (χ0n) is 24.5. The molecule has 1 saturated heterocycles. The Balaban J connectivity index is 1.44. The molecule has 0 unspecified atom stereocenters. The Hall–Kier alpha value is -3.99. The zero-order valence-corrected chi connectivity index (χ0v) is 24.5. The summed E-state index contributed by atoms with van der Waals surface area (Å²) in [7, 11) is 1.70. The Kier molecular flexibility index (Phi) is 9.59. The number of hydrogen-bond donors (Lipinski definition) is 2. The van der Waals surface area contributed by atoms with Gasteiger partial charge in [0.15, 0.2) is 5.69 Å².